The number of para-hydroxylation sites is 1. The van der Waals surface area contributed by atoms with Crippen molar-refractivity contribution in [2.75, 3.05) is 6.61 Å². The van der Waals surface area contributed by atoms with Crippen LogP contribution in [0.15, 0.2) is 30.3 Å². The van der Waals surface area contributed by atoms with Gasteiger partial charge in [-0.05, 0) is 57.7 Å². The molecule has 1 saturated carbocycles. The van der Waals surface area contributed by atoms with E-state index >= 15 is 0 Å². The molecule has 2 heterocycles. The van der Waals surface area contributed by atoms with Crippen molar-refractivity contribution in [2.24, 2.45) is 0 Å². The van der Waals surface area contributed by atoms with E-state index in [9.17, 15) is 9.59 Å². The number of hydrogen-bond donors (Lipinski definition) is 0. The second-order valence-electron chi connectivity index (χ2n) is 7.81. The van der Waals surface area contributed by atoms with Gasteiger partial charge in [0.1, 0.15) is 0 Å². The molecule has 0 bridgehead atoms. The number of pyridine rings is 1. The third kappa shape index (κ3) is 3.46. The highest BCUT2D eigenvalue weighted by molar-refractivity contribution is 6.02. The van der Waals surface area contributed by atoms with E-state index in [1.807, 2.05) is 58.0 Å². The first kappa shape index (κ1) is 19.4. The van der Waals surface area contributed by atoms with Gasteiger partial charge in [0.05, 0.1) is 16.8 Å². The fourth-order valence-corrected chi connectivity index (χ4v) is 4.20. The quantitative estimate of drug-likeness (QED) is 0.444. The summed E-state index contributed by atoms with van der Waals surface area (Å²) < 4.78 is 7.68. The van der Waals surface area contributed by atoms with E-state index in [2.05, 4.69) is 9.55 Å². The Morgan fingerprint density at radius 2 is 1.90 bits per heavy atom. The SMILES string of the molecule is CCc1nc2ccccc2c(C)c1C(=O)OCC(=O)c1cc(C)n(C2CC2)c1C. The zero-order chi connectivity index (χ0) is 20.7. The number of aromatic nitrogens is 2. The number of carbonyl (C=O) groups is 2. The molecule has 0 amide bonds. The molecule has 0 aliphatic heterocycles. The monoisotopic (exact) mass is 390 g/mol. The molecule has 1 fully saturated rings. The van der Waals surface area contributed by atoms with E-state index in [0.717, 1.165) is 40.7 Å². The molecule has 0 atom stereocenters. The van der Waals surface area contributed by atoms with Crippen molar-refractivity contribution in [3.63, 3.8) is 0 Å². The van der Waals surface area contributed by atoms with Gasteiger partial charge in [-0.2, -0.15) is 0 Å². The molecule has 5 heteroatoms. The van der Waals surface area contributed by atoms with Gasteiger partial charge in [0.2, 0.25) is 5.78 Å². The summed E-state index contributed by atoms with van der Waals surface area (Å²) in [6.45, 7) is 7.60. The van der Waals surface area contributed by atoms with E-state index < -0.39 is 5.97 Å². The Hall–Kier alpha value is -2.95. The van der Waals surface area contributed by atoms with E-state index in [-0.39, 0.29) is 12.4 Å². The Bertz CT molecular complexity index is 1120. The number of nitrogens with zero attached hydrogens (tertiary/aromatic N) is 2. The number of ketones is 1. The van der Waals surface area contributed by atoms with Crippen molar-refractivity contribution in [3.05, 3.63) is 64.1 Å². The van der Waals surface area contributed by atoms with Crippen LogP contribution in [-0.2, 0) is 11.2 Å². The summed E-state index contributed by atoms with van der Waals surface area (Å²) in [4.78, 5) is 30.3. The summed E-state index contributed by atoms with van der Waals surface area (Å²) in [5.41, 5.74) is 5.57. The molecule has 4 rings (SSSR count). The molecule has 0 saturated heterocycles. The lowest BCUT2D eigenvalue weighted by atomic mass is 10.0. The molecule has 2 aromatic heterocycles. The zero-order valence-corrected chi connectivity index (χ0v) is 17.4. The summed E-state index contributed by atoms with van der Waals surface area (Å²) in [7, 11) is 0. The summed E-state index contributed by atoms with van der Waals surface area (Å²) in [5, 5.41) is 0.927. The molecule has 1 aliphatic carbocycles. The highest BCUT2D eigenvalue weighted by Gasteiger charge is 2.29. The van der Waals surface area contributed by atoms with Crippen LogP contribution >= 0.6 is 0 Å². The van der Waals surface area contributed by atoms with Gasteiger partial charge in [0.15, 0.2) is 6.61 Å². The van der Waals surface area contributed by atoms with Crippen LogP contribution in [0.5, 0.6) is 0 Å². The molecule has 0 radical (unpaired) electrons. The van der Waals surface area contributed by atoms with Crippen LogP contribution in [0.4, 0.5) is 0 Å². The summed E-state index contributed by atoms with van der Waals surface area (Å²) in [6.07, 6.45) is 2.94. The third-order valence-corrected chi connectivity index (χ3v) is 5.80. The molecule has 1 aromatic carbocycles. The first-order chi connectivity index (χ1) is 13.9. The van der Waals surface area contributed by atoms with Gasteiger partial charge in [0, 0.05) is 28.4 Å². The van der Waals surface area contributed by atoms with Gasteiger partial charge in [0.25, 0.3) is 0 Å². The Labute approximate surface area is 170 Å². The van der Waals surface area contributed by atoms with Crippen molar-refractivity contribution in [1.29, 1.82) is 0 Å². The zero-order valence-electron chi connectivity index (χ0n) is 17.4. The second-order valence-corrected chi connectivity index (χ2v) is 7.81. The Kier molecular flexibility index (Phi) is 4.99. The van der Waals surface area contributed by atoms with Crippen molar-refractivity contribution >= 4 is 22.7 Å². The van der Waals surface area contributed by atoms with Gasteiger partial charge >= 0.3 is 5.97 Å². The third-order valence-electron chi connectivity index (χ3n) is 5.80. The minimum absolute atomic E-state index is 0.164. The molecule has 0 unspecified atom stereocenters. The number of esters is 1. The number of Topliss-reactive ketones (excluding diaryl/α,β-unsaturated/α-hetero) is 1. The van der Waals surface area contributed by atoms with Crippen LogP contribution in [0.25, 0.3) is 10.9 Å². The predicted molar refractivity (Wildman–Crippen MR) is 113 cm³/mol. The van der Waals surface area contributed by atoms with Gasteiger partial charge < -0.3 is 9.30 Å². The van der Waals surface area contributed by atoms with Crippen molar-refractivity contribution in [3.8, 4) is 0 Å². The largest absolute Gasteiger partial charge is 0.454 e. The van der Waals surface area contributed by atoms with Crippen molar-refractivity contribution in [1.82, 2.24) is 9.55 Å². The first-order valence-electron chi connectivity index (χ1n) is 10.2. The second kappa shape index (κ2) is 7.47. The van der Waals surface area contributed by atoms with Gasteiger partial charge in [-0.1, -0.05) is 25.1 Å². The predicted octanol–water partition coefficient (Wildman–Crippen LogP) is 4.90. The maximum Gasteiger partial charge on any atom is 0.340 e. The number of fused-ring (bicyclic) bond motifs is 1. The van der Waals surface area contributed by atoms with Crippen molar-refractivity contribution in [2.45, 2.75) is 53.0 Å². The lowest BCUT2D eigenvalue weighted by Gasteiger charge is -2.13. The fraction of sp³-hybridized carbons (Fsp3) is 0.375. The molecular formula is C24H26N2O3. The topological polar surface area (TPSA) is 61.2 Å². The van der Waals surface area contributed by atoms with Crippen molar-refractivity contribution < 1.29 is 14.3 Å². The van der Waals surface area contributed by atoms with E-state index in [4.69, 9.17) is 4.74 Å². The molecule has 0 N–H and O–H groups in total. The number of ether oxygens (including phenoxy) is 1. The summed E-state index contributed by atoms with van der Waals surface area (Å²) in [5.74, 6) is -0.648. The van der Waals surface area contributed by atoms with Gasteiger partial charge in [-0.3, -0.25) is 9.78 Å². The number of hydrogen-bond acceptors (Lipinski definition) is 4. The van der Waals surface area contributed by atoms with Crippen LogP contribution < -0.4 is 0 Å². The average Bonchev–Trinajstić information content (AvgIpc) is 3.50. The van der Waals surface area contributed by atoms with Crippen LogP contribution in [0.1, 0.15) is 69.2 Å². The van der Waals surface area contributed by atoms with E-state index in [1.54, 1.807) is 0 Å². The maximum atomic E-state index is 12.9. The lowest BCUT2D eigenvalue weighted by molar-refractivity contribution is 0.0472. The molecule has 3 aromatic rings. The molecule has 5 nitrogen and oxygen atoms in total. The summed E-state index contributed by atoms with van der Waals surface area (Å²) in [6, 6.07) is 10.2. The lowest BCUT2D eigenvalue weighted by Crippen LogP contribution is -2.18. The van der Waals surface area contributed by atoms with Crippen LogP contribution in [0.3, 0.4) is 0 Å². The fourth-order valence-electron chi connectivity index (χ4n) is 4.20. The maximum absolute atomic E-state index is 12.9. The van der Waals surface area contributed by atoms with Gasteiger partial charge in [-0.15, -0.1) is 0 Å². The van der Waals surface area contributed by atoms with E-state index in [1.165, 1.54) is 0 Å². The Morgan fingerprint density at radius 1 is 1.17 bits per heavy atom. The average molecular weight is 390 g/mol. The smallest absolute Gasteiger partial charge is 0.340 e. The molecule has 1 aliphatic rings. The summed E-state index contributed by atoms with van der Waals surface area (Å²) >= 11 is 0. The molecular weight excluding hydrogens is 364 g/mol. The Balaban J connectivity index is 1.57. The minimum Gasteiger partial charge on any atom is -0.454 e. The highest BCUT2D eigenvalue weighted by atomic mass is 16.5. The van der Waals surface area contributed by atoms with Crippen LogP contribution in [0.2, 0.25) is 0 Å². The standard InChI is InChI=1S/C24H26N2O3/c1-5-20-23(15(3)18-8-6-7-9-21(18)25-20)24(28)29-13-22(27)19-12-14(2)26(16(19)4)17-10-11-17/h6-9,12,17H,5,10-11,13H2,1-4H3. The number of rotatable bonds is 6. The van der Waals surface area contributed by atoms with E-state index in [0.29, 0.717) is 29.3 Å². The number of benzene rings is 1. The Morgan fingerprint density at radius 3 is 2.59 bits per heavy atom. The first-order valence-corrected chi connectivity index (χ1v) is 10.2. The molecule has 150 valence electrons. The minimum atomic E-state index is -0.484. The van der Waals surface area contributed by atoms with Gasteiger partial charge in [-0.25, -0.2) is 4.79 Å². The molecule has 29 heavy (non-hydrogen) atoms. The molecule has 0 spiro atoms. The number of aryl methyl sites for hydroxylation is 3. The number of carbonyl (C=O) groups excluding carboxylic acids is 2. The highest BCUT2D eigenvalue weighted by Crippen LogP contribution is 2.38. The van der Waals surface area contributed by atoms with Crippen LogP contribution in [0, 0.1) is 20.8 Å². The normalized spacial score (nSPS) is 13.7. The van der Waals surface area contributed by atoms with Crippen LogP contribution in [-0.4, -0.2) is 27.9 Å².